The van der Waals surface area contributed by atoms with E-state index < -0.39 is 6.04 Å². The molecule has 0 bridgehead atoms. The van der Waals surface area contributed by atoms with Gasteiger partial charge in [0.05, 0.1) is 0 Å². The number of carbonyl (C=O) groups is 1. The van der Waals surface area contributed by atoms with Crippen molar-refractivity contribution >= 4 is 5.91 Å². The summed E-state index contributed by atoms with van der Waals surface area (Å²) >= 11 is 0. The first-order valence-electron chi connectivity index (χ1n) is 7.41. The Morgan fingerprint density at radius 3 is 2.67 bits per heavy atom. The summed E-state index contributed by atoms with van der Waals surface area (Å²) in [4.78, 5) is 27.9. The van der Waals surface area contributed by atoms with Crippen molar-refractivity contribution in [2.45, 2.75) is 13.0 Å². The number of pyridine rings is 1. The third-order valence-corrected chi connectivity index (χ3v) is 3.54. The van der Waals surface area contributed by atoms with E-state index in [1.165, 1.54) is 10.6 Å². The van der Waals surface area contributed by atoms with Gasteiger partial charge in [-0.2, -0.15) is 4.98 Å². The highest BCUT2D eigenvalue weighted by atomic mass is 16.5. The third-order valence-electron chi connectivity index (χ3n) is 3.54. The number of hydrogen-bond donors (Lipinski definition) is 1. The van der Waals surface area contributed by atoms with Crippen LogP contribution in [0.25, 0.3) is 11.4 Å². The molecule has 3 aromatic rings. The maximum Gasteiger partial charge on any atom is 0.251 e. The number of aromatic nitrogens is 3. The molecule has 1 N–H and O–H groups in total. The van der Waals surface area contributed by atoms with Crippen LogP contribution in [-0.2, 0) is 7.05 Å². The molecular formula is C17H16N4O3. The van der Waals surface area contributed by atoms with E-state index in [-0.39, 0.29) is 11.5 Å². The molecule has 1 amide bonds. The van der Waals surface area contributed by atoms with Crippen molar-refractivity contribution in [3.63, 3.8) is 0 Å². The predicted octanol–water partition coefficient (Wildman–Crippen LogP) is 1.93. The van der Waals surface area contributed by atoms with Gasteiger partial charge >= 0.3 is 0 Å². The monoisotopic (exact) mass is 324 g/mol. The average Bonchev–Trinajstić information content (AvgIpc) is 3.08. The largest absolute Gasteiger partial charge is 0.341 e. The Hall–Kier alpha value is -3.22. The standard InChI is InChI=1S/C17H16N4O3/c1-11(18-16(23)12-6-4-3-5-7-12)17-19-15(20-24-17)13-8-9-14(22)21(2)10-13/h3-11H,1-2H3,(H,18,23)/t11-/m1/s1. The molecule has 0 radical (unpaired) electrons. The fraction of sp³-hybridized carbons (Fsp3) is 0.176. The average molecular weight is 324 g/mol. The van der Waals surface area contributed by atoms with Crippen LogP contribution in [0.15, 0.2) is 58.0 Å². The van der Waals surface area contributed by atoms with Crippen LogP contribution in [0.1, 0.15) is 29.2 Å². The number of nitrogens with one attached hydrogen (secondary N) is 1. The molecule has 1 atom stereocenters. The second-order valence-corrected chi connectivity index (χ2v) is 5.38. The van der Waals surface area contributed by atoms with Gasteiger partial charge in [-0.15, -0.1) is 0 Å². The lowest BCUT2D eigenvalue weighted by atomic mass is 10.2. The zero-order valence-electron chi connectivity index (χ0n) is 13.3. The Morgan fingerprint density at radius 1 is 1.21 bits per heavy atom. The van der Waals surface area contributed by atoms with Gasteiger partial charge in [0.15, 0.2) is 0 Å². The maximum atomic E-state index is 12.1. The Labute approximate surface area is 137 Å². The first-order valence-corrected chi connectivity index (χ1v) is 7.41. The Balaban J connectivity index is 1.76. The number of rotatable bonds is 4. The van der Waals surface area contributed by atoms with Crippen molar-refractivity contribution in [1.82, 2.24) is 20.0 Å². The summed E-state index contributed by atoms with van der Waals surface area (Å²) in [6.07, 6.45) is 1.63. The van der Waals surface area contributed by atoms with Crippen molar-refractivity contribution in [3.8, 4) is 11.4 Å². The molecule has 1 aromatic carbocycles. The fourth-order valence-electron chi connectivity index (χ4n) is 2.19. The molecule has 122 valence electrons. The van der Waals surface area contributed by atoms with Gasteiger partial charge < -0.3 is 14.4 Å². The summed E-state index contributed by atoms with van der Waals surface area (Å²) in [7, 11) is 1.65. The molecule has 2 heterocycles. The lowest BCUT2D eigenvalue weighted by Crippen LogP contribution is -2.26. The Bertz CT molecular complexity index is 915. The third kappa shape index (κ3) is 3.24. The molecule has 0 aliphatic carbocycles. The second kappa shape index (κ2) is 6.49. The Kier molecular flexibility index (Phi) is 4.24. The molecule has 0 fully saturated rings. The van der Waals surface area contributed by atoms with Gasteiger partial charge in [-0.05, 0) is 25.1 Å². The molecule has 24 heavy (non-hydrogen) atoms. The summed E-state index contributed by atoms with van der Waals surface area (Å²) in [6, 6.07) is 11.5. The van der Waals surface area contributed by atoms with Crippen molar-refractivity contribution in [1.29, 1.82) is 0 Å². The second-order valence-electron chi connectivity index (χ2n) is 5.38. The molecule has 0 aliphatic rings. The van der Waals surface area contributed by atoms with Gasteiger partial charge in [-0.25, -0.2) is 0 Å². The van der Waals surface area contributed by atoms with Gasteiger partial charge in [-0.1, -0.05) is 23.4 Å². The SMILES string of the molecule is C[C@@H](NC(=O)c1ccccc1)c1nc(-c2ccc(=O)n(C)c2)no1. The molecule has 0 saturated heterocycles. The van der Waals surface area contributed by atoms with Crippen LogP contribution >= 0.6 is 0 Å². The number of benzene rings is 1. The summed E-state index contributed by atoms with van der Waals surface area (Å²) in [5.41, 5.74) is 1.10. The van der Waals surface area contributed by atoms with Gasteiger partial charge in [0.25, 0.3) is 5.91 Å². The molecule has 0 spiro atoms. The van der Waals surface area contributed by atoms with Crippen LogP contribution in [0.2, 0.25) is 0 Å². The summed E-state index contributed by atoms with van der Waals surface area (Å²) in [5.74, 6) is 0.439. The number of aryl methyl sites for hydroxylation is 1. The lowest BCUT2D eigenvalue weighted by molar-refractivity contribution is 0.0932. The van der Waals surface area contributed by atoms with E-state index in [4.69, 9.17) is 4.52 Å². The number of nitrogens with zero attached hydrogens (tertiary/aromatic N) is 3. The fourth-order valence-corrected chi connectivity index (χ4v) is 2.19. The van der Waals surface area contributed by atoms with Crippen LogP contribution in [0.4, 0.5) is 0 Å². The van der Waals surface area contributed by atoms with Crippen molar-refractivity contribution in [2.75, 3.05) is 0 Å². The normalized spacial score (nSPS) is 11.9. The van der Waals surface area contributed by atoms with E-state index in [9.17, 15) is 9.59 Å². The van der Waals surface area contributed by atoms with E-state index in [1.807, 2.05) is 6.07 Å². The topological polar surface area (TPSA) is 90.0 Å². The number of amides is 1. The van der Waals surface area contributed by atoms with Crippen molar-refractivity contribution in [3.05, 3.63) is 70.5 Å². The van der Waals surface area contributed by atoms with E-state index in [2.05, 4.69) is 15.5 Å². The first-order chi connectivity index (χ1) is 11.5. The molecule has 3 rings (SSSR count). The van der Waals surface area contributed by atoms with Crippen LogP contribution < -0.4 is 10.9 Å². The molecule has 0 unspecified atom stereocenters. The van der Waals surface area contributed by atoms with Crippen LogP contribution in [0.3, 0.4) is 0 Å². The minimum Gasteiger partial charge on any atom is -0.341 e. The lowest BCUT2D eigenvalue weighted by Gasteiger charge is -2.09. The van der Waals surface area contributed by atoms with E-state index in [0.717, 1.165) is 0 Å². The number of carbonyl (C=O) groups excluding carboxylic acids is 1. The molecule has 7 nitrogen and oxygen atoms in total. The highest BCUT2D eigenvalue weighted by Gasteiger charge is 2.18. The van der Waals surface area contributed by atoms with Crippen LogP contribution in [0.5, 0.6) is 0 Å². The molecule has 0 saturated carbocycles. The maximum absolute atomic E-state index is 12.1. The highest BCUT2D eigenvalue weighted by molar-refractivity contribution is 5.94. The smallest absolute Gasteiger partial charge is 0.251 e. The molecule has 2 aromatic heterocycles. The van der Waals surface area contributed by atoms with Gasteiger partial charge in [0.1, 0.15) is 6.04 Å². The summed E-state index contributed by atoms with van der Waals surface area (Å²) in [5, 5.41) is 6.71. The van der Waals surface area contributed by atoms with Crippen LogP contribution in [-0.4, -0.2) is 20.6 Å². The predicted molar refractivity (Wildman–Crippen MR) is 87.3 cm³/mol. The number of hydrogen-bond acceptors (Lipinski definition) is 5. The first kappa shape index (κ1) is 15.7. The minimum absolute atomic E-state index is 0.119. The van der Waals surface area contributed by atoms with E-state index >= 15 is 0 Å². The Morgan fingerprint density at radius 2 is 1.96 bits per heavy atom. The molecule has 0 aliphatic heterocycles. The zero-order valence-corrected chi connectivity index (χ0v) is 13.3. The van der Waals surface area contributed by atoms with Crippen LogP contribution in [0, 0.1) is 0 Å². The van der Waals surface area contributed by atoms with Crippen molar-refractivity contribution < 1.29 is 9.32 Å². The summed E-state index contributed by atoms with van der Waals surface area (Å²) in [6.45, 7) is 1.76. The van der Waals surface area contributed by atoms with E-state index in [0.29, 0.717) is 22.8 Å². The van der Waals surface area contributed by atoms with Gasteiger partial charge in [-0.3, -0.25) is 9.59 Å². The highest BCUT2D eigenvalue weighted by Crippen LogP contribution is 2.17. The quantitative estimate of drug-likeness (QED) is 0.792. The van der Waals surface area contributed by atoms with Gasteiger partial charge in [0.2, 0.25) is 17.3 Å². The van der Waals surface area contributed by atoms with Gasteiger partial charge in [0, 0.05) is 30.4 Å². The molecular weight excluding hydrogens is 308 g/mol. The summed E-state index contributed by atoms with van der Waals surface area (Å²) < 4.78 is 6.66. The van der Waals surface area contributed by atoms with E-state index in [1.54, 1.807) is 50.5 Å². The molecule has 7 heteroatoms. The minimum atomic E-state index is -0.438. The zero-order chi connectivity index (χ0) is 17.1. The van der Waals surface area contributed by atoms with Crippen molar-refractivity contribution in [2.24, 2.45) is 7.05 Å².